The van der Waals surface area contributed by atoms with Crippen LogP contribution in [0.25, 0.3) is 0 Å². The Labute approximate surface area is 104 Å². The molecule has 8 nitrogen and oxygen atoms in total. The second-order valence-electron chi connectivity index (χ2n) is 3.67. The first-order valence-electron chi connectivity index (χ1n) is 5.17. The molecule has 1 aromatic rings. The molecule has 1 aromatic heterocycles. The van der Waals surface area contributed by atoms with Crippen molar-refractivity contribution in [2.75, 3.05) is 44.0 Å². The molecule has 0 atom stereocenters. The number of aromatic nitrogens is 3. The molecule has 9 heteroatoms. The zero-order valence-electron chi connectivity index (χ0n) is 9.54. The SMILES string of the molecule is CN(N)C(=S)n1nc(N)nc1N1CCOCC1. The normalized spacial score (nSPS) is 16.0. The minimum absolute atomic E-state index is 0.177. The van der Waals surface area contributed by atoms with Crippen LogP contribution in [-0.4, -0.2) is 58.2 Å². The summed E-state index contributed by atoms with van der Waals surface area (Å²) in [5, 5.41) is 5.69. The van der Waals surface area contributed by atoms with Crippen molar-refractivity contribution in [1.82, 2.24) is 19.8 Å². The van der Waals surface area contributed by atoms with Gasteiger partial charge in [-0.25, -0.2) is 5.84 Å². The Morgan fingerprint density at radius 1 is 1.47 bits per heavy atom. The van der Waals surface area contributed by atoms with E-state index in [9.17, 15) is 0 Å². The molecule has 1 aliphatic heterocycles. The Bertz CT molecular complexity index is 412. The van der Waals surface area contributed by atoms with Gasteiger partial charge >= 0.3 is 0 Å². The lowest BCUT2D eigenvalue weighted by atomic mass is 10.4. The highest BCUT2D eigenvalue weighted by Crippen LogP contribution is 2.14. The van der Waals surface area contributed by atoms with Crippen LogP contribution in [0.3, 0.4) is 0 Å². The fraction of sp³-hybridized carbons (Fsp3) is 0.625. The van der Waals surface area contributed by atoms with E-state index < -0.39 is 0 Å². The van der Waals surface area contributed by atoms with Crippen LogP contribution in [-0.2, 0) is 4.74 Å². The summed E-state index contributed by atoms with van der Waals surface area (Å²) in [7, 11) is 1.64. The molecule has 17 heavy (non-hydrogen) atoms. The third-order valence-corrected chi connectivity index (χ3v) is 2.84. The summed E-state index contributed by atoms with van der Waals surface area (Å²) in [6.07, 6.45) is 0. The predicted molar refractivity (Wildman–Crippen MR) is 67.4 cm³/mol. The molecular formula is C8H15N7OS. The van der Waals surface area contributed by atoms with Gasteiger partial charge in [0.1, 0.15) is 0 Å². The Kier molecular flexibility index (Phi) is 3.41. The molecule has 0 bridgehead atoms. The van der Waals surface area contributed by atoms with Crippen LogP contribution >= 0.6 is 12.2 Å². The lowest BCUT2D eigenvalue weighted by molar-refractivity contribution is 0.122. The molecule has 0 aliphatic carbocycles. The van der Waals surface area contributed by atoms with Crippen molar-refractivity contribution < 1.29 is 4.74 Å². The molecule has 0 aromatic carbocycles. The van der Waals surface area contributed by atoms with Crippen LogP contribution in [0.1, 0.15) is 0 Å². The molecule has 4 N–H and O–H groups in total. The van der Waals surface area contributed by atoms with E-state index in [1.807, 2.05) is 4.90 Å². The van der Waals surface area contributed by atoms with Crippen molar-refractivity contribution in [3.05, 3.63) is 0 Å². The monoisotopic (exact) mass is 257 g/mol. The second-order valence-corrected chi connectivity index (χ2v) is 4.04. The molecule has 0 unspecified atom stereocenters. The minimum atomic E-state index is 0.177. The van der Waals surface area contributed by atoms with Crippen LogP contribution in [0, 0.1) is 0 Å². The summed E-state index contributed by atoms with van der Waals surface area (Å²) in [6.45, 7) is 2.76. The highest BCUT2D eigenvalue weighted by molar-refractivity contribution is 7.80. The molecule has 1 aliphatic rings. The number of hydrogen-bond donors (Lipinski definition) is 2. The van der Waals surface area contributed by atoms with Crippen molar-refractivity contribution in [3.63, 3.8) is 0 Å². The molecular weight excluding hydrogens is 242 g/mol. The zero-order valence-corrected chi connectivity index (χ0v) is 10.4. The van der Waals surface area contributed by atoms with Crippen molar-refractivity contribution >= 4 is 29.2 Å². The van der Waals surface area contributed by atoms with Gasteiger partial charge in [-0.1, -0.05) is 0 Å². The van der Waals surface area contributed by atoms with E-state index in [0.717, 1.165) is 13.1 Å². The van der Waals surface area contributed by atoms with Crippen LogP contribution in [0.4, 0.5) is 11.9 Å². The van der Waals surface area contributed by atoms with Crippen molar-refractivity contribution in [3.8, 4) is 0 Å². The molecule has 1 fully saturated rings. The van der Waals surface area contributed by atoms with Crippen LogP contribution < -0.4 is 16.5 Å². The van der Waals surface area contributed by atoms with E-state index in [0.29, 0.717) is 24.3 Å². The molecule has 0 radical (unpaired) electrons. The number of rotatable bonds is 1. The van der Waals surface area contributed by atoms with Gasteiger partial charge in [-0.3, -0.25) is 5.01 Å². The number of hydrogen-bond acceptors (Lipinski definition) is 7. The number of thiocarbonyl (C=S) groups is 1. The quantitative estimate of drug-likeness (QED) is 0.361. The summed E-state index contributed by atoms with van der Waals surface area (Å²) in [6, 6.07) is 0. The molecule has 1 saturated heterocycles. The van der Waals surface area contributed by atoms with Gasteiger partial charge in [0.2, 0.25) is 17.0 Å². The number of morpholine rings is 1. The lowest BCUT2D eigenvalue weighted by Crippen LogP contribution is -2.42. The standard InChI is InChI=1S/C8H15N7OS/c1-13(10)8(17)15-7(11-6(9)12-15)14-2-4-16-5-3-14/h2-5,10H2,1H3,(H2,9,12). The highest BCUT2D eigenvalue weighted by atomic mass is 32.1. The molecule has 0 amide bonds. The fourth-order valence-electron chi connectivity index (χ4n) is 1.57. The highest BCUT2D eigenvalue weighted by Gasteiger charge is 2.21. The van der Waals surface area contributed by atoms with Gasteiger partial charge in [-0.15, -0.1) is 5.10 Å². The van der Waals surface area contributed by atoms with Crippen LogP contribution in [0.2, 0.25) is 0 Å². The Balaban J connectivity index is 2.29. The average Bonchev–Trinajstić information content (AvgIpc) is 2.71. The Morgan fingerprint density at radius 3 is 2.71 bits per heavy atom. The molecule has 0 spiro atoms. The topological polar surface area (TPSA) is 98.5 Å². The lowest BCUT2D eigenvalue weighted by Gasteiger charge is -2.28. The third kappa shape index (κ3) is 2.46. The maximum absolute atomic E-state index is 5.60. The number of nitrogens with two attached hydrogens (primary N) is 2. The van der Waals surface area contributed by atoms with Crippen molar-refractivity contribution in [1.29, 1.82) is 0 Å². The summed E-state index contributed by atoms with van der Waals surface area (Å²) >= 11 is 5.16. The van der Waals surface area contributed by atoms with Crippen molar-refractivity contribution in [2.45, 2.75) is 0 Å². The summed E-state index contributed by atoms with van der Waals surface area (Å²) < 4.78 is 6.75. The average molecular weight is 257 g/mol. The van der Waals surface area contributed by atoms with Crippen molar-refractivity contribution in [2.24, 2.45) is 5.84 Å². The van der Waals surface area contributed by atoms with E-state index in [-0.39, 0.29) is 5.95 Å². The number of nitrogens with zero attached hydrogens (tertiary/aromatic N) is 5. The minimum Gasteiger partial charge on any atom is -0.378 e. The number of hydrazine groups is 1. The number of anilines is 2. The van der Waals surface area contributed by atoms with Crippen LogP contribution in [0.15, 0.2) is 0 Å². The van der Waals surface area contributed by atoms with E-state index in [4.69, 9.17) is 28.5 Å². The Morgan fingerprint density at radius 2 is 2.12 bits per heavy atom. The first-order chi connectivity index (χ1) is 8.09. The predicted octanol–water partition coefficient (Wildman–Crippen LogP) is -1.36. The Hall–Kier alpha value is -1.45. The fourth-order valence-corrected chi connectivity index (χ4v) is 1.69. The van der Waals surface area contributed by atoms with E-state index in [1.54, 1.807) is 7.05 Å². The third-order valence-electron chi connectivity index (χ3n) is 2.38. The van der Waals surface area contributed by atoms with E-state index in [1.165, 1.54) is 9.69 Å². The van der Waals surface area contributed by atoms with E-state index in [2.05, 4.69) is 10.1 Å². The van der Waals surface area contributed by atoms with Gasteiger partial charge in [0.05, 0.1) is 13.2 Å². The van der Waals surface area contributed by atoms with Gasteiger partial charge in [0, 0.05) is 20.1 Å². The smallest absolute Gasteiger partial charge is 0.241 e. The summed E-state index contributed by atoms with van der Waals surface area (Å²) in [5.41, 5.74) is 5.60. The summed E-state index contributed by atoms with van der Waals surface area (Å²) in [5.74, 6) is 6.38. The molecule has 2 rings (SSSR count). The van der Waals surface area contributed by atoms with E-state index >= 15 is 0 Å². The van der Waals surface area contributed by atoms with Gasteiger partial charge in [-0.2, -0.15) is 9.67 Å². The molecule has 2 heterocycles. The first-order valence-corrected chi connectivity index (χ1v) is 5.58. The maximum Gasteiger partial charge on any atom is 0.241 e. The van der Waals surface area contributed by atoms with Gasteiger partial charge < -0.3 is 15.4 Å². The number of ether oxygens (including phenoxy) is 1. The first kappa shape index (κ1) is 12.0. The van der Waals surface area contributed by atoms with Gasteiger partial charge in [0.15, 0.2) is 0 Å². The van der Waals surface area contributed by atoms with Crippen LogP contribution in [0.5, 0.6) is 0 Å². The maximum atomic E-state index is 5.60. The summed E-state index contributed by atoms with van der Waals surface area (Å²) in [4.78, 5) is 6.18. The number of nitrogen functional groups attached to an aromatic ring is 1. The molecule has 0 saturated carbocycles. The largest absolute Gasteiger partial charge is 0.378 e. The van der Waals surface area contributed by atoms with Gasteiger partial charge in [0.25, 0.3) is 0 Å². The zero-order chi connectivity index (χ0) is 12.4. The molecule has 94 valence electrons. The second kappa shape index (κ2) is 4.82. The van der Waals surface area contributed by atoms with Gasteiger partial charge in [-0.05, 0) is 12.2 Å².